The zero-order valence-electron chi connectivity index (χ0n) is 12.3. The third kappa shape index (κ3) is 3.57. The van der Waals surface area contributed by atoms with Gasteiger partial charge in [0.1, 0.15) is 6.04 Å². The lowest BCUT2D eigenvalue weighted by molar-refractivity contribution is -0.142. The Morgan fingerprint density at radius 3 is 2.71 bits per heavy atom. The maximum atomic E-state index is 12.1. The van der Waals surface area contributed by atoms with Crippen molar-refractivity contribution in [2.75, 3.05) is 6.54 Å². The van der Waals surface area contributed by atoms with Gasteiger partial charge in [-0.05, 0) is 24.8 Å². The smallest absolute Gasteiger partial charge is 0.326 e. The molecule has 0 radical (unpaired) electrons. The first-order chi connectivity index (χ1) is 9.79. The van der Waals surface area contributed by atoms with Gasteiger partial charge in [0.05, 0.1) is 6.04 Å². The van der Waals surface area contributed by atoms with E-state index in [1.54, 1.807) is 20.8 Å². The van der Waals surface area contributed by atoms with Gasteiger partial charge in [0.2, 0.25) is 5.89 Å². The maximum Gasteiger partial charge on any atom is 0.326 e. The molecule has 2 heterocycles. The fraction of sp³-hybridized carbons (Fsp3) is 0.692. The van der Waals surface area contributed by atoms with Crippen molar-refractivity contribution in [2.24, 2.45) is 5.41 Å². The number of carboxylic acid groups (broad SMARTS) is 1. The SMILES string of the molecule is CC(C)(C)[C@@H](NC(=O)c1noc(C2CCCN2)n1)C(=O)O. The molecule has 2 atom stereocenters. The van der Waals surface area contributed by atoms with Crippen molar-refractivity contribution in [2.45, 2.75) is 45.7 Å². The molecule has 1 aliphatic rings. The third-order valence-corrected chi connectivity index (χ3v) is 3.39. The van der Waals surface area contributed by atoms with Gasteiger partial charge in [0.25, 0.3) is 11.7 Å². The van der Waals surface area contributed by atoms with Gasteiger partial charge >= 0.3 is 5.97 Å². The quantitative estimate of drug-likeness (QED) is 0.749. The molecule has 21 heavy (non-hydrogen) atoms. The van der Waals surface area contributed by atoms with Crippen LogP contribution in [0.15, 0.2) is 4.52 Å². The highest BCUT2D eigenvalue weighted by Gasteiger charge is 2.34. The molecule has 0 bridgehead atoms. The summed E-state index contributed by atoms with van der Waals surface area (Å²) in [5, 5.41) is 18.4. The number of carbonyl (C=O) groups excluding carboxylic acids is 1. The molecule has 1 aromatic rings. The van der Waals surface area contributed by atoms with E-state index in [1.165, 1.54) is 0 Å². The zero-order chi connectivity index (χ0) is 15.6. The molecule has 116 valence electrons. The molecule has 1 aromatic heterocycles. The largest absolute Gasteiger partial charge is 0.480 e. The average Bonchev–Trinajstić information content (AvgIpc) is 3.03. The van der Waals surface area contributed by atoms with Gasteiger partial charge in [-0.1, -0.05) is 25.9 Å². The van der Waals surface area contributed by atoms with Crippen molar-refractivity contribution < 1.29 is 19.2 Å². The van der Waals surface area contributed by atoms with E-state index in [4.69, 9.17) is 4.52 Å². The normalized spacial score (nSPS) is 20.2. The summed E-state index contributed by atoms with van der Waals surface area (Å²) in [6.07, 6.45) is 1.89. The lowest BCUT2D eigenvalue weighted by Gasteiger charge is -2.27. The zero-order valence-corrected chi connectivity index (χ0v) is 12.3. The van der Waals surface area contributed by atoms with E-state index in [2.05, 4.69) is 20.8 Å². The number of aromatic nitrogens is 2. The number of rotatable bonds is 4. The van der Waals surface area contributed by atoms with Gasteiger partial charge < -0.3 is 20.3 Å². The molecule has 1 unspecified atom stereocenters. The summed E-state index contributed by atoms with van der Waals surface area (Å²) in [6, 6.07) is -1.06. The highest BCUT2D eigenvalue weighted by atomic mass is 16.5. The van der Waals surface area contributed by atoms with E-state index >= 15 is 0 Å². The van der Waals surface area contributed by atoms with E-state index in [9.17, 15) is 14.7 Å². The Morgan fingerprint density at radius 2 is 2.19 bits per heavy atom. The standard InChI is InChI=1S/C13H20N4O4/c1-13(2,3)8(12(19)20)15-10(18)9-16-11(21-17-9)7-5-4-6-14-7/h7-8,14H,4-6H2,1-3H3,(H,15,18)(H,19,20)/t7?,8-/m0/s1. The highest BCUT2D eigenvalue weighted by Crippen LogP contribution is 2.22. The minimum Gasteiger partial charge on any atom is -0.480 e. The Kier molecular flexibility index (Phi) is 4.26. The summed E-state index contributed by atoms with van der Waals surface area (Å²) < 4.78 is 5.07. The number of nitrogens with one attached hydrogen (secondary N) is 2. The summed E-state index contributed by atoms with van der Waals surface area (Å²) in [5.41, 5.74) is -0.624. The first-order valence-corrected chi connectivity index (χ1v) is 6.89. The number of aliphatic carboxylic acids is 1. The van der Waals surface area contributed by atoms with Gasteiger partial charge in [-0.25, -0.2) is 4.79 Å². The molecule has 8 nitrogen and oxygen atoms in total. The summed E-state index contributed by atoms with van der Waals surface area (Å²) in [4.78, 5) is 27.3. The van der Waals surface area contributed by atoms with Gasteiger partial charge in [0, 0.05) is 0 Å². The highest BCUT2D eigenvalue weighted by molar-refractivity contribution is 5.93. The Labute approximate surface area is 122 Å². The Hall–Kier alpha value is -1.96. The Morgan fingerprint density at radius 1 is 1.48 bits per heavy atom. The molecule has 2 rings (SSSR count). The van der Waals surface area contributed by atoms with Crippen LogP contribution in [0.25, 0.3) is 0 Å². The molecule has 1 saturated heterocycles. The summed E-state index contributed by atoms with van der Waals surface area (Å²) in [7, 11) is 0. The number of nitrogens with zero attached hydrogens (tertiary/aromatic N) is 2. The molecule has 0 aliphatic carbocycles. The van der Waals surface area contributed by atoms with E-state index in [-0.39, 0.29) is 11.9 Å². The molecule has 3 N–H and O–H groups in total. The van der Waals surface area contributed by atoms with Crippen molar-refractivity contribution >= 4 is 11.9 Å². The van der Waals surface area contributed by atoms with Crippen LogP contribution in [0.2, 0.25) is 0 Å². The van der Waals surface area contributed by atoms with Crippen LogP contribution >= 0.6 is 0 Å². The van der Waals surface area contributed by atoms with E-state index in [0.717, 1.165) is 19.4 Å². The van der Waals surface area contributed by atoms with Gasteiger partial charge in [-0.3, -0.25) is 4.79 Å². The molecular formula is C13H20N4O4. The topological polar surface area (TPSA) is 117 Å². The van der Waals surface area contributed by atoms with Crippen LogP contribution in [0.5, 0.6) is 0 Å². The van der Waals surface area contributed by atoms with Crippen molar-refractivity contribution in [1.29, 1.82) is 0 Å². The molecule has 1 fully saturated rings. The molecule has 0 spiro atoms. The van der Waals surface area contributed by atoms with Crippen molar-refractivity contribution in [1.82, 2.24) is 20.8 Å². The molecular weight excluding hydrogens is 276 g/mol. The first-order valence-electron chi connectivity index (χ1n) is 6.89. The number of hydrogen-bond donors (Lipinski definition) is 3. The number of hydrogen-bond acceptors (Lipinski definition) is 6. The van der Waals surface area contributed by atoms with Crippen LogP contribution in [-0.2, 0) is 4.79 Å². The van der Waals surface area contributed by atoms with Crippen LogP contribution < -0.4 is 10.6 Å². The summed E-state index contributed by atoms with van der Waals surface area (Å²) in [6.45, 7) is 6.07. The van der Waals surface area contributed by atoms with E-state index in [1.807, 2.05) is 0 Å². The van der Waals surface area contributed by atoms with Crippen molar-refractivity contribution in [3.63, 3.8) is 0 Å². The molecule has 1 aliphatic heterocycles. The predicted molar refractivity (Wildman–Crippen MR) is 72.6 cm³/mol. The second kappa shape index (κ2) is 5.80. The number of carboxylic acids is 1. The fourth-order valence-electron chi connectivity index (χ4n) is 2.21. The van der Waals surface area contributed by atoms with Crippen LogP contribution in [0.4, 0.5) is 0 Å². The maximum absolute atomic E-state index is 12.1. The minimum absolute atomic E-state index is 0.0306. The van der Waals surface area contributed by atoms with Crippen LogP contribution in [0, 0.1) is 5.41 Å². The number of amides is 1. The van der Waals surface area contributed by atoms with Crippen LogP contribution in [0.1, 0.15) is 56.2 Å². The second-order valence-corrected chi connectivity index (χ2v) is 6.22. The average molecular weight is 296 g/mol. The summed E-state index contributed by atoms with van der Waals surface area (Å²) >= 11 is 0. The second-order valence-electron chi connectivity index (χ2n) is 6.22. The van der Waals surface area contributed by atoms with Crippen LogP contribution in [0.3, 0.4) is 0 Å². The molecule has 1 amide bonds. The van der Waals surface area contributed by atoms with E-state index < -0.39 is 23.3 Å². The number of carbonyl (C=O) groups is 2. The first kappa shape index (κ1) is 15.4. The van der Waals surface area contributed by atoms with Gasteiger partial charge in [0.15, 0.2) is 0 Å². The minimum atomic E-state index is -1.10. The monoisotopic (exact) mass is 296 g/mol. The lowest BCUT2D eigenvalue weighted by atomic mass is 9.87. The predicted octanol–water partition coefficient (Wildman–Crippen LogP) is 0.723. The Balaban J connectivity index is 2.07. The molecule has 0 saturated carbocycles. The fourth-order valence-corrected chi connectivity index (χ4v) is 2.21. The van der Waals surface area contributed by atoms with Crippen molar-refractivity contribution in [3.05, 3.63) is 11.7 Å². The lowest BCUT2D eigenvalue weighted by Crippen LogP contribution is -2.49. The van der Waals surface area contributed by atoms with Gasteiger partial charge in [-0.15, -0.1) is 0 Å². The molecule has 0 aromatic carbocycles. The summed E-state index contributed by atoms with van der Waals surface area (Å²) in [5.74, 6) is -1.53. The molecule has 8 heteroatoms. The Bertz CT molecular complexity index is 529. The third-order valence-electron chi connectivity index (χ3n) is 3.39. The van der Waals surface area contributed by atoms with Crippen molar-refractivity contribution in [3.8, 4) is 0 Å². The van der Waals surface area contributed by atoms with Crippen LogP contribution in [-0.4, -0.2) is 39.7 Å². The van der Waals surface area contributed by atoms with E-state index in [0.29, 0.717) is 5.89 Å². The van der Waals surface area contributed by atoms with Gasteiger partial charge in [-0.2, -0.15) is 4.98 Å².